The van der Waals surface area contributed by atoms with Gasteiger partial charge in [0.2, 0.25) is 0 Å². The maximum Gasteiger partial charge on any atom is 0.304 e. The van der Waals surface area contributed by atoms with Gasteiger partial charge in [0.1, 0.15) is 6.61 Å². The second-order valence-electron chi connectivity index (χ2n) is 6.40. The van der Waals surface area contributed by atoms with Crippen molar-refractivity contribution < 1.29 is 19.7 Å². The van der Waals surface area contributed by atoms with Crippen LogP contribution in [0.2, 0.25) is 0 Å². The van der Waals surface area contributed by atoms with E-state index < -0.39 is 5.97 Å². The first-order valence-electron chi connectivity index (χ1n) is 8.51. The number of aliphatic carboxylic acids is 1. The molecule has 0 fully saturated rings. The van der Waals surface area contributed by atoms with Gasteiger partial charge in [0.25, 0.3) is 0 Å². The van der Waals surface area contributed by atoms with E-state index in [0.717, 1.165) is 22.1 Å². The van der Waals surface area contributed by atoms with Crippen molar-refractivity contribution in [2.75, 3.05) is 19.7 Å². The van der Waals surface area contributed by atoms with Crippen LogP contribution < -0.4 is 4.74 Å². The van der Waals surface area contributed by atoms with Crippen molar-refractivity contribution in [1.82, 2.24) is 4.90 Å². The van der Waals surface area contributed by atoms with Gasteiger partial charge in [-0.25, -0.2) is 0 Å². The molecule has 1 aliphatic heterocycles. The fourth-order valence-corrected chi connectivity index (χ4v) is 4.32. The average molecular weight is 369 g/mol. The van der Waals surface area contributed by atoms with Crippen LogP contribution in [0.3, 0.4) is 0 Å². The summed E-state index contributed by atoms with van der Waals surface area (Å²) in [5, 5.41) is 22.7. The topological polar surface area (TPSA) is 70.0 Å². The summed E-state index contributed by atoms with van der Waals surface area (Å²) in [6, 6.07) is 12.0. The number of hydrogen-bond acceptors (Lipinski definition) is 5. The molecular formula is C20H19NO4S. The lowest BCUT2D eigenvalue weighted by Gasteiger charge is -2.18. The maximum atomic E-state index is 10.9. The molecule has 1 aliphatic rings. The number of aromatic hydroxyl groups is 1. The van der Waals surface area contributed by atoms with E-state index in [1.54, 1.807) is 17.4 Å². The second kappa shape index (κ2) is 6.97. The Bertz CT molecular complexity index is 966. The van der Waals surface area contributed by atoms with Gasteiger partial charge in [-0.05, 0) is 29.1 Å². The van der Waals surface area contributed by atoms with Crippen LogP contribution in [0.4, 0.5) is 0 Å². The average Bonchev–Trinajstić information content (AvgIpc) is 2.93. The van der Waals surface area contributed by atoms with E-state index in [0.29, 0.717) is 32.0 Å². The van der Waals surface area contributed by atoms with Crippen LogP contribution >= 0.6 is 11.3 Å². The first-order chi connectivity index (χ1) is 12.6. The molecule has 0 unspecified atom stereocenters. The molecule has 2 N–H and O–H groups in total. The summed E-state index contributed by atoms with van der Waals surface area (Å²) in [5.74, 6) is -0.171. The van der Waals surface area contributed by atoms with Gasteiger partial charge in [-0.1, -0.05) is 18.2 Å². The van der Waals surface area contributed by atoms with E-state index in [2.05, 4.69) is 22.4 Å². The molecular weight excluding hydrogens is 350 g/mol. The van der Waals surface area contributed by atoms with Gasteiger partial charge in [-0.2, -0.15) is 0 Å². The molecule has 26 heavy (non-hydrogen) atoms. The Balaban J connectivity index is 1.71. The van der Waals surface area contributed by atoms with Crippen molar-refractivity contribution in [1.29, 1.82) is 0 Å². The molecule has 0 amide bonds. The minimum atomic E-state index is -0.809. The molecule has 0 radical (unpaired) electrons. The summed E-state index contributed by atoms with van der Waals surface area (Å²) in [5.41, 5.74) is 2.92. The van der Waals surface area contributed by atoms with Gasteiger partial charge < -0.3 is 14.9 Å². The Kier molecular flexibility index (Phi) is 4.53. The zero-order chi connectivity index (χ0) is 18.1. The van der Waals surface area contributed by atoms with E-state index in [4.69, 9.17) is 9.84 Å². The second-order valence-corrected chi connectivity index (χ2v) is 7.31. The minimum Gasteiger partial charge on any atom is -0.504 e. The van der Waals surface area contributed by atoms with Crippen LogP contribution in [0.15, 0.2) is 41.8 Å². The van der Waals surface area contributed by atoms with Crippen LogP contribution in [0.25, 0.3) is 21.2 Å². The highest BCUT2D eigenvalue weighted by Gasteiger charge is 2.21. The Labute approximate surface area is 155 Å². The third-order valence-corrected chi connectivity index (χ3v) is 5.59. The number of nitrogens with zero attached hydrogens (tertiary/aromatic N) is 1. The van der Waals surface area contributed by atoms with Crippen molar-refractivity contribution in [2.45, 2.75) is 13.0 Å². The number of carboxylic acids is 1. The molecule has 2 aromatic carbocycles. The van der Waals surface area contributed by atoms with Gasteiger partial charge >= 0.3 is 5.97 Å². The Morgan fingerprint density at radius 1 is 1.27 bits per heavy atom. The summed E-state index contributed by atoms with van der Waals surface area (Å²) in [7, 11) is 0. The molecule has 134 valence electrons. The van der Waals surface area contributed by atoms with E-state index in [1.165, 1.54) is 4.70 Å². The van der Waals surface area contributed by atoms with Crippen molar-refractivity contribution in [3.63, 3.8) is 0 Å². The zero-order valence-electron chi connectivity index (χ0n) is 14.1. The van der Waals surface area contributed by atoms with Crippen LogP contribution in [0, 0.1) is 0 Å². The van der Waals surface area contributed by atoms with Crippen LogP contribution in [0.5, 0.6) is 11.5 Å². The third-order valence-electron chi connectivity index (χ3n) is 4.63. The number of phenols is 1. The van der Waals surface area contributed by atoms with E-state index >= 15 is 0 Å². The number of fused-ring (bicyclic) bond motifs is 2. The molecule has 0 spiro atoms. The fraction of sp³-hybridized carbons (Fsp3) is 0.250. The zero-order valence-corrected chi connectivity index (χ0v) is 15.0. The number of phenolic OH excluding ortho intramolecular Hbond substituents is 1. The van der Waals surface area contributed by atoms with Crippen molar-refractivity contribution in [3.05, 3.63) is 47.3 Å². The number of benzene rings is 2. The standard InChI is InChI=1S/C20H19NO4S/c22-17-10-13(16-12-26-18-4-2-1-3-15(16)18)9-14-11-21(6-5-19(23)24)7-8-25-20(14)17/h1-4,9-10,12,22H,5-8,11H2,(H,23,24). The lowest BCUT2D eigenvalue weighted by molar-refractivity contribution is -0.137. The molecule has 0 saturated carbocycles. The Hall–Kier alpha value is -2.57. The number of hydrogen-bond donors (Lipinski definition) is 2. The van der Waals surface area contributed by atoms with Crippen molar-refractivity contribution >= 4 is 27.4 Å². The van der Waals surface area contributed by atoms with E-state index in [9.17, 15) is 9.90 Å². The molecule has 3 aromatic rings. The SMILES string of the molecule is O=C(O)CCN1CCOc2c(O)cc(-c3csc4ccccc34)cc2C1. The fourth-order valence-electron chi connectivity index (χ4n) is 3.35. The minimum absolute atomic E-state index is 0.0934. The molecule has 0 atom stereocenters. The largest absolute Gasteiger partial charge is 0.504 e. The highest BCUT2D eigenvalue weighted by Crippen LogP contribution is 2.41. The van der Waals surface area contributed by atoms with Crippen LogP contribution in [0.1, 0.15) is 12.0 Å². The number of rotatable bonds is 4. The lowest BCUT2D eigenvalue weighted by Crippen LogP contribution is -2.28. The first-order valence-corrected chi connectivity index (χ1v) is 9.39. The molecule has 1 aromatic heterocycles. The predicted molar refractivity (Wildman–Crippen MR) is 102 cm³/mol. The molecule has 0 aliphatic carbocycles. The summed E-state index contributed by atoms with van der Waals surface area (Å²) in [6.45, 7) is 2.09. The van der Waals surface area contributed by atoms with Crippen molar-refractivity contribution in [2.24, 2.45) is 0 Å². The Morgan fingerprint density at radius 2 is 2.12 bits per heavy atom. The van der Waals surface area contributed by atoms with Gasteiger partial charge in [0, 0.05) is 40.8 Å². The number of carboxylic acid groups (broad SMARTS) is 1. The lowest BCUT2D eigenvalue weighted by atomic mass is 10.0. The summed E-state index contributed by atoms with van der Waals surface area (Å²) < 4.78 is 6.94. The molecule has 0 saturated heterocycles. The van der Waals surface area contributed by atoms with Crippen LogP contribution in [-0.4, -0.2) is 40.8 Å². The molecule has 5 nitrogen and oxygen atoms in total. The smallest absolute Gasteiger partial charge is 0.304 e. The molecule has 4 rings (SSSR count). The van der Waals surface area contributed by atoms with Gasteiger partial charge in [-0.3, -0.25) is 9.69 Å². The van der Waals surface area contributed by atoms with Crippen molar-refractivity contribution in [3.8, 4) is 22.6 Å². The summed E-state index contributed by atoms with van der Waals surface area (Å²) in [6.07, 6.45) is 0.0934. The normalized spacial score (nSPS) is 14.6. The van der Waals surface area contributed by atoms with Crippen LogP contribution in [-0.2, 0) is 11.3 Å². The Morgan fingerprint density at radius 3 is 2.96 bits per heavy atom. The highest BCUT2D eigenvalue weighted by molar-refractivity contribution is 7.17. The molecule has 0 bridgehead atoms. The quantitative estimate of drug-likeness (QED) is 0.729. The summed E-state index contributed by atoms with van der Waals surface area (Å²) >= 11 is 1.68. The third kappa shape index (κ3) is 3.25. The monoisotopic (exact) mass is 369 g/mol. The molecule has 2 heterocycles. The van der Waals surface area contributed by atoms with Gasteiger partial charge in [0.05, 0.1) is 6.42 Å². The van der Waals surface area contributed by atoms with E-state index in [-0.39, 0.29) is 12.2 Å². The number of thiophene rings is 1. The number of ether oxygens (including phenoxy) is 1. The van der Waals surface area contributed by atoms with E-state index in [1.807, 2.05) is 18.2 Å². The first kappa shape index (κ1) is 16.9. The van der Waals surface area contributed by atoms with Gasteiger partial charge in [-0.15, -0.1) is 11.3 Å². The predicted octanol–water partition coefficient (Wildman–Crippen LogP) is 3.94. The molecule has 6 heteroatoms. The number of carbonyl (C=O) groups is 1. The highest BCUT2D eigenvalue weighted by atomic mass is 32.1. The maximum absolute atomic E-state index is 10.9. The summed E-state index contributed by atoms with van der Waals surface area (Å²) in [4.78, 5) is 12.9. The van der Waals surface area contributed by atoms with Gasteiger partial charge in [0.15, 0.2) is 11.5 Å².